The Morgan fingerprint density at radius 1 is 1.29 bits per heavy atom. The maximum Gasteiger partial charge on any atom is 0.160 e. The highest BCUT2D eigenvalue weighted by molar-refractivity contribution is 6.03. The molecule has 0 bridgehead atoms. The number of rotatable bonds is 5. The third-order valence-electron chi connectivity index (χ3n) is 8.07. The normalized spacial score (nSPS) is 27.4. The molecule has 4 rings (SSSR count). The number of nitrogens with zero attached hydrogens (tertiary/aromatic N) is 3. The zero-order chi connectivity index (χ0) is 24.5. The topological polar surface area (TPSA) is 107 Å². The summed E-state index contributed by atoms with van der Waals surface area (Å²) in [5.74, 6) is 1.31. The molecule has 0 aromatic heterocycles. The maximum atomic E-state index is 10.5. The molecule has 0 aliphatic heterocycles. The van der Waals surface area contributed by atoms with Crippen LogP contribution in [0, 0.1) is 28.6 Å². The second kappa shape index (κ2) is 9.38. The molecular weight excluding hydrogens is 430 g/mol. The molecular formula is C27H31N3O4. The molecule has 178 valence electrons. The highest BCUT2D eigenvalue weighted by Gasteiger charge is 2.49. The molecule has 0 amide bonds. The minimum Gasteiger partial charge on any atom is -0.504 e. The number of benzene rings is 2. The van der Waals surface area contributed by atoms with Crippen LogP contribution in [-0.2, 0) is 11.4 Å². The quantitative estimate of drug-likeness (QED) is 0.343. The number of oxime groups is 2. The van der Waals surface area contributed by atoms with Crippen LogP contribution in [0.3, 0.4) is 0 Å². The fourth-order valence-electron chi connectivity index (χ4n) is 5.69. The standard InChI is InChI=1S/C27H31N3O4/c1-16-21-11-24(30-34-15-19-7-5-6-18(10-19)14-28)23-12-25(31)26(33-4)13-22(23)20(21)8-9-27(16,3)17(2)29-32/h5-7,10,12-13,16,20-21,31-32H,8-9,11,15H2,1-4H3/b29-17+,30-24+/t16?,20?,21-,27-/m0/s1. The fraction of sp³-hybridized carbons (Fsp3) is 0.444. The molecule has 0 spiro atoms. The SMILES string of the molecule is COc1cc2c(cc1O)/C(=N/OCc1cccc(C#N)c1)C[C@@H]1C2CC[C@](C)(/C(C)=N/O)C1C. The number of aromatic hydroxyl groups is 1. The van der Waals surface area contributed by atoms with E-state index >= 15 is 0 Å². The van der Waals surface area contributed by atoms with E-state index in [-0.39, 0.29) is 35.5 Å². The van der Waals surface area contributed by atoms with Gasteiger partial charge in [-0.2, -0.15) is 5.26 Å². The van der Waals surface area contributed by atoms with E-state index < -0.39 is 0 Å². The van der Waals surface area contributed by atoms with E-state index in [0.29, 0.717) is 17.7 Å². The van der Waals surface area contributed by atoms with Crippen LogP contribution in [0.15, 0.2) is 46.7 Å². The van der Waals surface area contributed by atoms with Gasteiger partial charge >= 0.3 is 0 Å². The number of hydrogen-bond acceptors (Lipinski definition) is 7. The Morgan fingerprint density at radius 3 is 2.79 bits per heavy atom. The maximum absolute atomic E-state index is 10.5. The molecule has 7 heteroatoms. The average Bonchev–Trinajstić information content (AvgIpc) is 2.85. The van der Waals surface area contributed by atoms with E-state index in [1.807, 2.05) is 25.1 Å². The Morgan fingerprint density at radius 2 is 2.09 bits per heavy atom. The van der Waals surface area contributed by atoms with Crippen molar-refractivity contribution in [2.75, 3.05) is 7.11 Å². The second-order valence-corrected chi connectivity index (χ2v) is 9.64. The van der Waals surface area contributed by atoms with Crippen molar-refractivity contribution in [3.05, 3.63) is 58.7 Å². The Labute approximate surface area is 200 Å². The first-order valence-electron chi connectivity index (χ1n) is 11.6. The van der Waals surface area contributed by atoms with Crippen LogP contribution in [0.5, 0.6) is 11.5 Å². The summed E-state index contributed by atoms with van der Waals surface area (Å²) in [6.45, 7) is 6.53. The zero-order valence-electron chi connectivity index (χ0n) is 20.1. The second-order valence-electron chi connectivity index (χ2n) is 9.64. The Hall–Kier alpha value is -3.53. The van der Waals surface area contributed by atoms with E-state index in [2.05, 4.69) is 30.2 Å². The van der Waals surface area contributed by atoms with Crippen LogP contribution in [0.4, 0.5) is 0 Å². The van der Waals surface area contributed by atoms with Gasteiger partial charge in [0.15, 0.2) is 11.5 Å². The molecule has 2 aromatic rings. The van der Waals surface area contributed by atoms with Crippen LogP contribution in [0.2, 0.25) is 0 Å². The number of ether oxygens (including phenoxy) is 1. The van der Waals surface area contributed by atoms with Crippen LogP contribution < -0.4 is 4.74 Å². The van der Waals surface area contributed by atoms with E-state index in [1.165, 1.54) is 0 Å². The van der Waals surface area contributed by atoms with Gasteiger partial charge < -0.3 is 19.9 Å². The monoisotopic (exact) mass is 461 g/mol. The molecule has 2 N–H and O–H groups in total. The Bertz CT molecular complexity index is 1180. The van der Waals surface area contributed by atoms with Crippen molar-refractivity contribution < 1.29 is 19.9 Å². The molecule has 0 saturated heterocycles. The fourth-order valence-corrected chi connectivity index (χ4v) is 5.69. The van der Waals surface area contributed by atoms with Crippen LogP contribution >= 0.6 is 0 Å². The third-order valence-corrected chi connectivity index (χ3v) is 8.07. The summed E-state index contributed by atoms with van der Waals surface area (Å²) in [4.78, 5) is 5.75. The minimum atomic E-state index is -0.210. The van der Waals surface area contributed by atoms with Gasteiger partial charge in [0.1, 0.15) is 6.61 Å². The molecule has 0 radical (unpaired) electrons. The first-order valence-corrected chi connectivity index (χ1v) is 11.6. The van der Waals surface area contributed by atoms with E-state index in [4.69, 9.17) is 14.8 Å². The van der Waals surface area contributed by atoms with Gasteiger partial charge in [0.05, 0.1) is 30.2 Å². The lowest BCUT2D eigenvalue weighted by Crippen LogP contribution is -2.46. The minimum absolute atomic E-state index is 0.0751. The smallest absolute Gasteiger partial charge is 0.160 e. The molecule has 2 aliphatic rings. The molecule has 2 aromatic carbocycles. The van der Waals surface area contributed by atoms with E-state index in [9.17, 15) is 10.3 Å². The van der Waals surface area contributed by atoms with Crippen LogP contribution in [0.25, 0.3) is 0 Å². The average molecular weight is 462 g/mol. The summed E-state index contributed by atoms with van der Waals surface area (Å²) in [5, 5.41) is 37.2. The first kappa shape index (κ1) is 23.6. The Balaban J connectivity index is 1.70. The highest BCUT2D eigenvalue weighted by atomic mass is 16.6. The summed E-state index contributed by atoms with van der Waals surface area (Å²) in [6, 6.07) is 13.0. The Kier molecular flexibility index (Phi) is 6.52. The van der Waals surface area contributed by atoms with Crippen molar-refractivity contribution in [3.8, 4) is 17.6 Å². The van der Waals surface area contributed by atoms with Gasteiger partial charge in [0.2, 0.25) is 0 Å². The van der Waals surface area contributed by atoms with E-state index in [1.54, 1.807) is 25.3 Å². The molecule has 1 fully saturated rings. The lowest BCUT2D eigenvalue weighted by molar-refractivity contribution is 0.102. The van der Waals surface area contributed by atoms with Crippen LogP contribution in [-0.4, -0.2) is 28.8 Å². The third kappa shape index (κ3) is 4.09. The van der Waals surface area contributed by atoms with Gasteiger partial charge in [-0.05, 0) is 79.3 Å². The predicted octanol–water partition coefficient (Wildman–Crippen LogP) is 5.58. The first-order chi connectivity index (χ1) is 16.3. The predicted molar refractivity (Wildman–Crippen MR) is 129 cm³/mol. The molecule has 4 atom stereocenters. The lowest BCUT2D eigenvalue weighted by atomic mass is 9.54. The summed E-state index contributed by atoms with van der Waals surface area (Å²) < 4.78 is 5.41. The summed E-state index contributed by atoms with van der Waals surface area (Å²) in [7, 11) is 1.55. The summed E-state index contributed by atoms with van der Waals surface area (Å²) in [6.07, 6.45) is 2.54. The molecule has 1 saturated carbocycles. The number of phenols is 1. The van der Waals surface area contributed by atoms with Crippen molar-refractivity contribution in [1.29, 1.82) is 5.26 Å². The number of methoxy groups -OCH3 is 1. The number of phenolic OH excluding ortho intramolecular Hbond substituents is 1. The van der Waals surface area contributed by atoms with Crippen LogP contribution in [0.1, 0.15) is 68.2 Å². The molecule has 0 heterocycles. The van der Waals surface area contributed by atoms with Gasteiger partial charge in [-0.3, -0.25) is 0 Å². The summed E-state index contributed by atoms with van der Waals surface area (Å²) >= 11 is 0. The van der Waals surface area contributed by atoms with Gasteiger partial charge in [-0.25, -0.2) is 0 Å². The van der Waals surface area contributed by atoms with Gasteiger partial charge in [-0.1, -0.05) is 36.3 Å². The number of fused-ring (bicyclic) bond motifs is 3. The molecule has 7 nitrogen and oxygen atoms in total. The molecule has 2 aliphatic carbocycles. The van der Waals surface area contributed by atoms with E-state index in [0.717, 1.165) is 41.0 Å². The largest absolute Gasteiger partial charge is 0.504 e. The number of hydrogen-bond donors (Lipinski definition) is 2. The molecule has 34 heavy (non-hydrogen) atoms. The van der Waals surface area contributed by atoms with Crippen molar-refractivity contribution in [2.24, 2.45) is 27.6 Å². The van der Waals surface area contributed by atoms with Crippen molar-refractivity contribution in [2.45, 2.75) is 52.6 Å². The van der Waals surface area contributed by atoms with Gasteiger partial charge in [0.25, 0.3) is 0 Å². The molecule has 2 unspecified atom stereocenters. The number of nitriles is 1. The van der Waals surface area contributed by atoms with Crippen molar-refractivity contribution in [1.82, 2.24) is 0 Å². The van der Waals surface area contributed by atoms with Crippen molar-refractivity contribution >= 4 is 11.4 Å². The lowest BCUT2D eigenvalue weighted by Gasteiger charge is -2.50. The zero-order valence-corrected chi connectivity index (χ0v) is 20.1. The van der Waals surface area contributed by atoms with Gasteiger partial charge in [0, 0.05) is 11.0 Å². The summed E-state index contributed by atoms with van der Waals surface area (Å²) in [5.41, 5.74) is 4.75. The highest BCUT2D eigenvalue weighted by Crippen LogP contribution is 2.56. The van der Waals surface area contributed by atoms with Crippen molar-refractivity contribution in [3.63, 3.8) is 0 Å². The van der Waals surface area contributed by atoms with Gasteiger partial charge in [-0.15, -0.1) is 0 Å².